The van der Waals surface area contributed by atoms with Crippen LogP contribution in [0.25, 0.3) is 11.1 Å². The van der Waals surface area contributed by atoms with E-state index in [9.17, 15) is 14.4 Å². The van der Waals surface area contributed by atoms with Crippen molar-refractivity contribution in [2.24, 2.45) is 5.73 Å². The average molecular weight is 556 g/mol. The first-order valence-electron chi connectivity index (χ1n) is 13.2. The Labute approximate surface area is 235 Å². The number of pyridine rings is 2. The number of piperazine rings is 1. The van der Waals surface area contributed by atoms with Gasteiger partial charge in [-0.05, 0) is 42.0 Å². The number of carbonyl (C=O) groups excluding carboxylic acids is 3. The fraction of sp³-hybridized carbons (Fsp3) is 0.276. The van der Waals surface area contributed by atoms with Crippen LogP contribution < -0.4 is 25.6 Å². The summed E-state index contributed by atoms with van der Waals surface area (Å²) < 4.78 is 11.3. The summed E-state index contributed by atoms with van der Waals surface area (Å²) in [6.45, 7) is 3.27. The van der Waals surface area contributed by atoms with Crippen LogP contribution >= 0.6 is 0 Å². The van der Waals surface area contributed by atoms with Gasteiger partial charge in [0.1, 0.15) is 22.8 Å². The van der Waals surface area contributed by atoms with E-state index in [-0.39, 0.29) is 24.8 Å². The van der Waals surface area contributed by atoms with Gasteiger partial charge in [-0.15, -0.1) is 0 Å². The largest absolute Gasteiger partial charge is 0.497 e. The van der Waals surface area contributed by atoms with Gasteiger partial charge in [0.2, 0.25) is 0 Å². The normalized spacial score (nSPS) is 16.4. The minimum absolute atomic E-state index is 0.134. The van der Waals surface area contributed by atoms with Crippen LogP contribution in [0.1, 0.15) is 21.7 Å². The smallest absolute Gasteiger partial charge is 0.313 e. The van der Waals surface area contributed by atoms with Gasteiger partial charge >= 0.3 is 6.03 Å². The van der Waals surface area contributed by atoms with Crippen molar-refractivity contribution in [2.75, 3.05) is 49.6 Å². The summed E-state index contributed by atoms with van der Waals surface area (Å²) in [5, 5.41) is 2.53. The van der Waals surface area contributed by atoms with Gasteiger partial charge in [0.25, 0.3) is 5.91 Å². The SMILES string of the molecule is COc1ccc2c(c1)C(=O)N(C[C@](C=O)(NC(N)=O)c1cc3nc(N4CCN(c5ccncc5)CC4)ccc3o1)C2. The number of hydrogen-bond acceptors (Lipinski definition) is 9. The standard InChI is InChI=1S/C29H29N7O5/c1-40-21-3-2-19-16-36(27(38)22(19)14-21)17-29(18-37,33-28(30)39)25-15-23-24(41-25)4-5-26(32-23)35-12-10-34(11-13-35)20-6-8-31-9-7-20/h2-9,14-15,18H,10-13,16-17H2,1H3,(H3,30,33,39)/t29-/m1/s1. The molecule has 41 heavy (non-hydrogen) atoms. The highest BCUT2D eigenvalue weighted by Crippen LogP contribution is 2.33. The third kappa shape index (κ3) is 4.88. The van der Waals surface area contributed by atoms with Gasteiger partial charge in [-0.3, -0.25) is 9.78 Å². The summed E-state index contributed by atoms with van der Waals surface area (Å²) in [4.78, 5) is 52.8. The zero-order valence-electron chi connectivity index (χ0n) is 22.4. The molecule has 3 N–H and O–H groups in total. The molecule has 0 bridgehead atoms. The molecular formula is C29H29N7O5. The first-order chi connectivity index (χ1) is 19.9. The second kappa shape index (κ2) is 10.5. The average Bonchev–Trinajstić information content (AvgIpc) is 3.57. The fourth-order valence-corrected chi connectivity index (χ4v) is 5.48. The zero-order valence-corrected chi connectivity index (χ0v) is 22.4. The highest BCUT2D eigenvalue weighted by Gasteiger charge is 2.42. The Morgan fingerprint density at radius 2 is 1.85 bits per heavy atom. The number of primary amides is 1. The lowest BCUT2D eigenvalue weighted by Crippen LogP contribution is -2.55. The molecule has 2 aliphatic rings. The maximum Gasteiger partial charge on any atom is 0.313 e. The van der Waals surface area contributed by atoms with Crippen molar-refractivity contribution in [2.45, 2.75) is 12.1 Å². The molecule has 0 saturated carbocycles. The number of methoxy groups -OCH3 is 1. The summed E-state index contributed by atoms with van der Waals surface area (Å²) >= 11 is 0. The van der Waals surface area contributed by atoms with E-state index in [1.54, 1.807) is 42.7 Å². The minimum Gasteiger partial charge on any atom is -0.497 e. The van der Waals surface area contributed by atoms with Crippen molar-refractivity contribution < 1.29 is 23.5 Å². The molecule has 1 saturated heterocycles. The number of nitrogens with two attached hydrogens (primary N) is 1. The Morgan fingerprint density at radius 3 is 2.56 bits per heavy atom. The molecule has 0 unspecified atom stereocenters. The zero-order chi connectivity index (χ0) is 28.6. The van der Waals surface area contributed by atoms with E-state index >= 15 is 0 Å². The van der Waals surface area contributed by atoms with E-state index < -0.39 is 11.6 Å². The Hall–Kier alpha value is -5.13. The molecule has 210 valence electrons. The van der Waals surface area contributed by atoms with Crippen LogP contribution in [-0.2, 0) is 16.9 Å². The molecular weight excluding hydrogens is 526 g/mol. The van der Waals surface area contributed by atoms with E-state index in [4.69, 9.17) is 19.9 Å². The Balaban J connectivity index is 1.25. The van der Waals surface area contributed by atoms with Crippen molar-refractivity contribution in [3.8, 4) is 5.75 Å². The Bertz CT molecular complexity index is 1620. The van der Waals surface area contributed by atoms with Gasteiger partial charge in [0.05, 0.1) is 13.7 Å². The van der Waals surface area contributed by atoms with Crippen molar-refractivity contribution in [3.05, 3.63) is 77.8 Å². The highest BCUT2D eigenvalue weighted by molar-refractivity contribution is 5.99. The van der Waals surface area contributed by atoms with Gasteiger partial charge in [0, 0.05) is 62.4 Å². The number of nitrogens with zero attached hydrogens (tertiary/aromatic N) is 5. The second-order valence-corrected chi connectivity index (χ2v) is 10.1. The molecule has 0 radical (unpaired) electrons. The molecule has 1 fully saturated rings. The van der Waals surface area contributed by atoms with Crippen LogP contribution in [0.4, 0.5) is 16.3 Å². The number of rotatable bonds is 8. The van der Waals surface area contributed by atoms with Crippen LogP contribution in [-0.4, -0.2) is 72.9 Å². The molecule has 2 aliphatic heterocycles. The monoisotopic (exact) mass is 555 g/mol. The summed E-state index contributed by atoms with van der Waals surface area (Å²) in [7, 11) is 1.52. The summed E-state index contributed by atoms with van der Waals surface area (Å²) in [6.07, 6.45) is 4.12. The molecule has 12 heteroatoms. The lowest BCUT2D eigenvalue weighted by molar-refractivity contribution is -0.114. The number of aldehydes is 1. The number of nitrogens with one attached hydrogen (secondary N) is 1. The number of furan rings is 1. The van der Waals surface area contributed by atoms with E-state index in [0.717, 1.165) is 43.2 Å². The van der Waals surface area contributed by atoms with E-state index in [2.05, 4.69) is 20.1 Å². The number of carbonyl (C=O) groups is 3. The molecule has 0 aliphatic carbocycles. The van der Waals surface area contributed by atoms with Gasteiger partial charge in [0.15, 0.2) is 17.4 Å². The summed E-state index contributed by atoms with van der Waals surface area (Å²) in [6, 6.07) is 13.6. The quantitative estimate of drug-likeness (QED) is 0.313. The molecule has 3 amide bonds. The first kappa shape index (κ1) is 26.1. The molecule has 1 atom stereocenters. The molecule has 0 spiro atoms. The summed E-state index contributed by atoms with van der Waals surface area (Å²) in [5.74, 6) is 1.17. The first-order valence-corrected chi connectivity index (χ1v) is 13.2. The molecule has 4 aromatic rings. The molecule has 6 rings (SSSR count). The maximum atomic E-state index is 13.2. The Morgan fingerprint density at radius 1 is 1.10 bits per heavy atom. The van der Waals surface area contributed by atoms with E-state index in [1.807, 2.05) is 18.2 Å². The van der Waals surface area contributed by atoms with E-state index in [1.165, 1.54) is 12.0 Å². The third-order valence-electron chi connectivity index (χ3n) is 7.61. The van der Waals surface area contributed by atoms with Crippen molar-refractivity contribution >= 4 is 40.8 Å². The Kier molecular flexibility index (Phi) is 6.66. The highest BCUT2D eigenvalue weighted by atomic mass is 16.5. The van der Waals surface area contributed by atoms with Crippen molar-refractivity contribution in [1.29, 1.82) is 0 Å². The second-order valence-electron chi connectivity index (χ2n) is 10.1. The number of ether oxygens (including phenoxy) is 1. The maximum absolute atomic E-state index is 13.2. The summed E-state index contributed by atoms with van der Waals surface area (Å²) in [5.41, 5.74) is 7.13. The van der Waals surface area contributed by atoms with Crippen LogP contribution in [0.2, 0.25) is 0 Å². The van der Waals surface area contributed by atoms with Crippen molar-refractivity contribution in [1.82, 2.24) is 20.2 Å². The number of benzene rings is 1. The molecule has 12 nitrogen and oxygen atoms in total. The van der Waals surface area contributed by atoms with Gasteiger partial charge < -0.3 is 39.7 Å². The number of hydrogen-bond donors (Lipinski definition) is 2. The lowest BCUT2D eigenvalue weighted by atomic mass is 9.97. The van der Waals surface area contributed by atoms with Crippen LogP contribution in [0, 0.1) is 0 Å². The minimum atomic E-state index is -1.72. The van der Waals surface area contributed by atoms with Crippen LogP contribution in [0.15, 0.2) is 65.3 Å². The fourth-order valence-electron chi connectivity index (χ4n) is 5.48. The number of urea groups is 1. The van der Waals surface area contributed by atoms with Gasteiger partial charge in [-0.1, -0.05) is 6.07 Å². The van der Waals surface area contributed by atoms with Gasteiger partial charge in [-0.2, -0.15) is 0 Å². The van der Waals surface area contributed by atoms with Crippen LogP contribution in [0.3, 0.4) is 0 Å². The van der Waals surface area contributed by atoms with E-state index in [0.29, 0.717) is 28.7 Å². The lowest BCUT2D eigenvalue weighted by Gasteiger charge is -2.36. The third-order valence-corrected chi connectivity index (χ3v) is 7.61. The van der Waals surface area contributed by atoms with Gasteiger partial charge in [-0.25, -0.2) is 9.78 Å². The predicted octanol–water partition coefficient (Wildman–Crippen LogP) is 2.28. The molecule has 3 aromatic heterocycles. The van der Waals surface area contributed by atoms with Crippen molar-refractivity contribution in [3.63, 3.8) is 0 Å². The molecule has 5 heterocycles. The van der Waals surface area contributed by atoms with Crippen LogP contribution in [0.5, 0.6) is 5.75 Å². The molecule has 1 aromatic carbocycles. The number of aromatic nitrogens is 2. The topological polar surface area (TPSA) is 147 Å². The number of fused-ring (bicyclic) bond motifs is 2. The number of amides is 3. The predicted molar refractivity (Wildman–Crippen MR) is 151 cm³/mol. The number of anilines is 2.